The van der Waals surface area contributed by atoms with Crippen LogP contribution in [-0.4, -0.2) is 53.5 Å². The highest BCUT2D eigenvalue weighted by Gasteiger charge is 2.14. The van der Waals surface area contributed by atoms with E-state index >= 15 is 0 Å². The number of ether oxygens (including phenoxy) is 4. The SMILES string of the molecule is COc1ccc(/C=C/C(=O)Nc2ccc(N3CCOCC3)cc2)c(OC)c1OC. The molecule has 0 saturated carbocycles. The van der Waals surface area contributed by atoms with Crippen molar-refractivity contribution in [3.05, 3.63) is 48.0 Å². The largest absolute Gasteiger partial charge is 0.493 e. The predicted octanol–water partition coefficient (Wildman–Crippen LogP) is 3.20. The van der Waals surface area contributed by atoms with E-state index < -0.39 is 0 Å². The molecule has 0 unspecified atom stereocenters. The first kappa shape index (κ1) is 20.5. The molecule has 3 rings (SSSR count). The lowest BCUT2D eigenvalue weighted by atomic mass is 10.1. The topological polar surface area (TPSA) is 69.3 Å². The van der Waals surface area contributed by atoms with E-state index in [0.717, 1.165) is 37.7 Å². The Labute approximate surface area is 170 Å². The first-order valence-corrected chi connectivity index (χ1v) is 9.37. The Hall–Kier alpha value is -3.19. The van der Waals surface area contributed by atoms with Gasteiger partial charge in [-0.05, 0) is 42.5 Å². The molecular weight excluding hydrogens is 372 g/mol. The Morgan fingerprint density at radius 2 is 1.66 bits per heavy atom. The molecule has 154 valence electrons. The maximum absolute atomic E-state index is 12.3. The van der Waals surface area contributed by atoms with Crippen molar-refractivity contribution in [2.75, 3.05) is 57.8 Å². The number of anilines is 2. The molecule has 1 heterocycles. The number of hydrogen-bond acceptors (Lipinski definition) is 6. The zero-order valence-corrected chi connectivity index (χ0v) is 16.9. The minimum absolute atomic E-state index is 0.235. The number of nitrogens with one attached hydrogen (secondary N) is 1. The second-order valence-corrected chi connectivity index (χ2v) is 6.39. The molecule has 0 radical (unpaired) electrons. The van der Waals surface area contributed by atoms with Crippen LogP contribution in [0.5, 0.6) is 17.2 Å². The molecule has 0 spiro atoms. The number of rotatable bonds is 7. The van der Waals surface area contributed by atoms with Crippen LogP contribution in [-0.2, 0) is 9.53 Å². The number of morpholine rings is 1. The Balaban J connectivity index is 1.67. The van der Waals surface area contributed by atoms with Crippen LogP contribution < -0.4 is 24.4 Å². The zero-order valence-electron chi connectivity index (χ0n) is 16.9. The van der Waals surface area contributed by atoms with Crippen molar-refractivity contribution in [2.24, 2.45) is 0 Å². The van der Waals surface area contributed by atoms with E-state index in [2.05, 4.69) is 10.2 Å². The lowest BCUT2D eigenvalue weighted by Gasteiger charge is -2.28. The van der Waals surface area contributed by atoms with E-state index in [1.807, 2.05) is 24.3 Å². The van der Waals surface area contributed by atoms with Crippen LogP contribution in [0.1, 0.15) is 5.56 Å². The van der Waals surface area contributed by atoms with Gasteiger partial charge in [0.25, 0.3) is 0 Å². The van der Waals surface area contributed by atoms with Gasteiger partial charge in [-0.15, -0.1) is 0 Å². The van der Waals surface area contributed by atoms with Crippen LogP contribution in [0.4, 0.5) is 11.4 Å². The molecule has 0 aromatic heterocycles. The first-order valence-electron chi connectivity index (χ1n) is 9.37. The number of nitrogens with zero attached hydrogens (tertiary/aromatic N) is 1. The number of hydrogen-bond donors (Lipinski definition) is 1. The molecule has 1 amide bonds. The van der Waals surface area contributed by atoms with Gasteiger partial charge >= 0.3 is 0 Å². The normalized spacial score (nSPS) is 14.0. The molecule has 7 nitrogen and oxygen atoms in total. The molecule has 0 atom stereocenters. The summed E-state index contributed by atoms with van der Waals surface area (Å²) in [4.78, 5) is 14.6. The average Bonchev–Trinajstić information content (AvgIpc) is 2.77. The van der Waals surface area contributed by atoms with Gasteiger partial charge in [-0.3, -0.25) is 4.79 Å². The van der Waals surface area contributed by atoms with E-state index in [0.29, 0.717) is 22.8 Å². The number of methoxy groups -OCH3 is 3. The predicted molar refractivity (Wildman–Crippen MR) is 113 cm³/mol. The molecule has 2 aromatic rings. The number of benzene rings is 2. The fourth-order valence-corrected chi connectivity index (χ4v) is 3.18. The third-order valence-corrected chi connectivity index (χ3v) is 4.66. The highest BCUT2D eigenvalue weighted by atomic mass is 16.5. The molecule has 1 saturated heterocycles. The Kier molecular flexibility index (Phi) is 6.97. The molecule has 1 aliphatic rings. The molecule has 0 bridgehead atoms. The number of amides is 1. The van der Waals surface area contributed by atoms with Gasteiger partial charge in [0.2, 0.25) is 11.7 Å². The van der Waals surface area contributed by atoms with Gasteiger partial charge in [-0.2, -0.15) is 0 Å². The first-order chi connectivity index (χ1) is 14.2. The van der Waals surface area contributed by atoms with Gasteiger partial charge in [0.15, 0.2) is 11.5 Å². The molecule has 0 aliphatic carbocycles. The van der Waals surface area contributed by atoms with Gasteiger partial charge < -0.3 is 29.2 Å². The number of carbonyl (C=O) groups is 1. The minimum atomic E-state index is -0.235. The second-order valence-electron chi connectivity index (χ2n) is 6.39. The Bertz CT molecular complexity index is 858. The third-order valence-electron chi connectivity index (χ3n) is 4.66. The fourth-order valence-electron chi connectivity index (χ4n) is 3.18. The van der Waals surface area contributed by atoms with Gasteiger partial charge in [0.05, 0.1) is 34.5 Å². The fraction of sp³-hybridized carbons (Fsp3) is 0.318. The van der Waals surface area contributed by atoms with Crippen molar-refractivity contribution in [3.8, 4) is 17.2 Å². The van der Waals surface area contributed by atoms with Crippen LogP contribution in [0.15, 0.2) is 42.5 Å². The summed E-state index contributed by atoms with van der Waals surface area (Å²) in [6.07, 6.45) is 3.14. The van der Waals surface area contributed by atoms with Crippen molar-refractivity contribution < 1.29 is 23.7 Å². The monoisotopic (exact) mass is 398 g/mol. The van der Waals surface area contributed by atoms with E-state index in [-0.39, 0.29) is 5.91 Å². The summed E-state index contributed by atoms with van der Waals surface area (Å²) in [5.74, 6) is 1.31. The zero-order chi connectivity index (χ0) is 20.6. The molecule has 29 heavy (non-hydrogen) atoms. The highest BCUT2D eigenvalue weighted by Crippen LogP contribution is 2.40. The summed E-state index contributed by atoms with van der Waals surface area (Å²) < 4.78 is 21.4. The molecule has 7 heteroatoms. The van der Waals surface area contributed by atoms with Crippen molar-refractivity contribution >= 4 is 23.4 Å². The smallest absolute Gasteiger partial charge is 0.248 e. The summed E-state index contributed by atoms with van der Waals surface area (Å²) in [6.45, 7) is 3.23. The highest BCUT2D eigenvalue weighted by molar-refractivity contribution is 6.02. The summed E-state index contributed by atoms with van der Waals surface area (Å²) in [7, 11) is 4.65. The molecule has 1 N–H and O–H groups in total. The van der Waals surface area contributed by atoms with E-state index in [1.165, 1.54) is 6.08 Å². The van der Waals surface area contributed by atoms with Gasteiger partial charge in [0, 0.05) is 36.1 Å². The van der Waals surface area contributed by atoms with Crippen molar-refractivity contribution in [3.63, 3.8) is 0 Å². The van der Waals surface area contributed by atoms with Crippen LogP contribution in [0, 0.1) is 0 Å². The van der Waals surface area contributed by atoms with Crippen LogP contribution >= 0.6 is 0 Å². The number of carbonyl (C=O) groups excluding carboxylic acids is 1. The standard InChI is InChI=1S/C22H26N2O5/c1-26-19-10-4-16(21(27-2)22(19)28-3)5-11-20(25)23-17-6-8-18(9-7-17)24-12-14-29-15-13-24/h4-11H,12-15H2,1-3H3,(H,23,25)/b11-5+. The van der Waals surface area contributed by atoms with Crippen molar-refractivity contribution in [1.82, 2.24) is 0 Å². The lowest BCUT2D eigenvalue weighted by molar-refractivity contribution is -0.111. The molecule has 2 aromatic carbocycles. The van der Waals surface area contributed by atoms with Crippen LogP contribution in [0.3, 0.4) is 0 Å². The van der Waals surface area contributed by atoms with Gasteiger partial charge in [0.1, 0.15) is 0 Å². The summed E-state index contributed by atoms with van der Waals surface area (Å²) in [6, 6.07) is 11.4. The second kappa shape index (κ2) is 9.84. The van der Waals surface area contributed by atoms with Crippen molar-refractivity contribution in [1.29, 1.82) is 0 Å². The molecule has 1 aliphatic heterocycles. The summed E-state index contributed by atoms with van der Waals surface area (Å²) >= 11 is 0. The van der Waals surface area contributed by atoms with Crippen LogP contribution in [0.25, 0.3) is 6.08 Å². The van der Waals surface area contributed by atoms with E-state index in [1.54, 1.807) is 39.5 Å². The maximum Gasteiger partial charge on any atom is 0.248 e. The van der Waals surface area contributed by atoms with Crippen LogP contribution in [0.2, 0.25) is 0 Å². The Morgan fingerprint density at radius 3 is 2.28 bits per heavy atom. The maximum atomic E-state index is 12.3. The van der Waals surface area contributed by atoms with E-state index in [4.69, 9.17) is 18.9 Å². The minimum Gasteiger partial charge on any atom is -0.493 e. The quantitative estimate of drug-likeness (QED) is 0.723. The lowest BCUT2D eigenvalue weighted by Crippen LogP contribution is -2.36. The van der Waals surface area contributed by atoms with Crippen molar-refractivity contribution in [2.45, 2.75) is 0 Å². The Morgan fingerprint density at radius 1 is 0.966 bits per heavy atom. The molecular formula is C22H26N2O5. The third kappa shape index (κ3) is 5.00. The molecule has 1 fully saturated rings. The summed E-state index contributed by atoms with van der Waals surface area (Å²) in [5, 5.41) is 2.87. The van der Waals surface area contributed by atoms with Gasteiger partial charge in [-0.25, -0.2) is 0 Å². The van der Waals surface area contributed by atoms with Gasteiger partial charge in [-0.1, -0.05) is 0 Å². The average molecular weight is 398 g/mol. The van der Waals surface area contributed by atoms with E-state index in [9.17, 15) is 4.79 Å². The summed E-state index contributed by atoms with van der Waals surface area (Å²) in [5.41, 5.74) is 2.57.